The van der Waals surface area contributed by atoms with Crippen molar-refractivity contribution in [3.8, 4) is 5.88 Å². The summed E-state index contributed by atoms with van der Waals surface area (Å²) < 4.78 is 43.1. The van der Waals surface area contributed by atoms with Gasteiger partial charge in [-0.05, 0) is 25.1 Å². The van der Waals surface area contributed by atoms with Crippen LogP contribution >= 0.6 is 0 Å². The van der Waals surface area contributed by atoms with Crippen molar-refractivity contribution in [2.24, 2.45) is 0 Å². The summed E-state index contributed by atoms with van der Waals surface area (Å²) in [6.45, 7) is 2.25. The minimum absolute atomic E-state index is 0.316. The van der Waals surface area contributed by atoms with Crippen LogP contribution in [0.2, 0.25) is 0 Å². The van der Waals surface area contributed by atoms with E-state index in [0.29, 0.717) is 18.2 Å². The molecule has 0 radical (unpaired) electrons. The van der Waals surface area contributed by atoms with Crippen LogP contribution in [-0.4, -0.2) is 20.0 Å². The predicted octanol–water partition coefficient (Wildman–Crippen LogP) is 2.59. The number of nitrogens with zero attached hydrogens (tertiary/aromatic N) is 1. The second-order valence-electron chi connectivity index (χ2n) is 4.09. The molecule has 2 rings (SSSR count). The van der Waals surface area contributed by atoms with E-state index in [1.165, 1.54) is 18.2 Å². The molecule has 0 spiro atoms. The van der Waals surface area contributed by atoms with Crippen LogP contribution in [0.1, 0.15) is 12.6 Å². The number of ether oxygens (including phenoxy) is 1. The Morgan fingerprint density at radius 3 is 2.60 bits per heavy atom. The molecule has 0 aliphatic rings. The lowest BCUT2D eigenvalue weighted by Crippen LogP contribution is -2.09. The molecular weight excluding hydrogens is 281 g/mol. The smallest absolute Gasteiger partial charge is 0.213 e. The van der Waals surface area contributed by atoms with Crippen LogP contribution < -0.4 is 4.74 Å². The van der Waals surface area contributed by atoms with E-state index in [1.54, 1.807) is 18.2 Å². The molecule has 0 amide bonds. The lowest BCUT2D eigenvalue weighted by atomic mass is 10.3. The highest BCUT2D eigenvalue weighted by Gasteiger charge is 2.20. The van der Waals surface area contributed by atoms with Crippen molar-refractivity contribution in [1.82, 2.24) is 4.98 Å². The average Bonchev–Trinajstić information content (AvgIpc) is 2.39. The SMILES string of the molecule is CCOc1cccc(CS(=O)(=O)c2ccccc2F)n1. The number of rotatable bonds is 5. The summed E-state index contributed by atoms with van der Waals surface area (Å²) in [5.41, 5.74) is 0.319. The van der Waals surface area contributed by atoms with Gasteiger partial charge in [-0.3, -0.25) is 0 Å². The molecule has 20 heavy (non-hydrogen) atoms. The molecule has 1 aromatic heterocycles. The lowest BCUT2D eigenvalue weighted by Gasteiger charge is -2.07. The van der Waals surface area contributed by atoms with Gasteiger partial charge in [-0.15, -0.1) is 0 Å². The van der Waals surface area contributed by atoms with E-state index in [-0.39, 0.29) is 10.6 Å². The van der Waals surface area contributed by atoms with E-state index in [0.717, 1.165) is 6.07 Å². The average molecular weight is 295 g/mol. The summed E-state index contributed by atoms with van der Waals surface area (Å²) in [4.78, 5) is 3.76. The van der Waals surface area contributed by atoms with Crippen molar-refractivity contribution < 1.29 is 17.5 Å². The molecule has 2 aromatic rings. The maximum absolute atomic E-state index is 13.6. The van der Waals surface area contributed by atoms with Crippen LogP contribution in [-0.2, 0) is 15.6 Å². The fourth-order valence-corrected chi connectivity index (χ4v) is 3.09. The lowest BCUT2D eigenvalue weighted by molar-refractivity contribution is 0.326. The summed E-state index contributed by atoms with van der Waals surface area (Å²) in [6.07, 6.45) is 0. The van der Waals surface area contributed by atoms with E-state index in [1.807, 2.05) is 6.92 Å². The Kier molecular flexibility index (Phi) is 4.34. The second kappa shape index (κ2) is 6.00. The maximum Gasteiger partial charge on any atom is 0.213 e. The highest BCUT2D eigenvalue weighted by molar-refractivity contribution is 7.90. The molecule has 0 bridgehead atoms. The summed E-state index contributed by atoms with van der Waals surface area (Å²) in [7, 11) is -3.77. The Morgan fingerprint density at radius 2 is 1.90 bits per heavy atom. The van der Waals surface area contributed by atoms with Crippen LogP contribution in [0.5, 0.6) is 5.88 Å². The van der Waals surface area contributed by atoms with Gasteiger partial charge >= 0.3 is 0 Å². The zero-order chi connectivity index (χ0) is 14.6. The molecule has 0 saturated heterocycles. The third-order valence-electron chi connectivity index (χ3n) is 2.58. The van der Waals surface area contributed by atoms with Gasteiger partial charge in [-0.1, -0.05) is 18.2 Å². The van der Waals surface area contributed by atoms with E-state index in [9.17, 15) is 12.8 Å². The fraction of sp³-hybridized carbons (Fsp3) is 0.214. The third-order valence-corrected chi connectivity index (χ3v) is 4.26. The third kappa shape index (κ3) is 3.33. The van der Waals surface area contributed by atoms with E-state index in [2.05, 4.69) is 4.98 Å². The summed E-state index contributed by atoms with van der Waals surface area (Å²) >= 11 is 0. The van der Waals surface area contributed by atoms with Gasteiger partial charge in [0, 0.05) is 6.07 Å². The molecule has 0 aliphatic carbocycles. The first-order valence-electron chi connectivity index (χ1n) is 6.09. The van der Waals surface area contributed by atoms with E-state index < -0.39 is 15.7 Å². The van der Waals surface area contributed by atoms with Crippen molar-refractivity contribution in [3.63, 3.8) is 0 Å². The Bertz CT molecular complexity index is 701. The van der Waals surface area contributed by atoms with Gasteiger partial charge in [0.15, 0.2) is 9.84 Å². The molecule has 106 valence electrons. The van der Waals surface area contributed by atoms with Crippen molar-refractivity contribution in [2.75, 3.05) is 6.61 Å². The molecule has 0 fully saturated rings. The number of hydrogen-bond acceptors (Lipinski definition) is 4. The molecular formula is C14H14FNO3S. The number of halogens is 1. The summed E-state index contributed by atoms with van der Waals surface area (Å²) in [5, 5.41) is 0. The Balaban J connectivity index is 2.29. The van der Waals surface area contributed by atoms with Crippen molar-refractivity contribution in [2.45, 2.75) is 17.6 Å². The van der Waals surface area contributed by atoms with Crippen LogP contribution in [0, 0.1) is 5.82 Å². The Hall–Kier alpha value is -1.95. The van der Waals surface area contributed by atoms with Crippen LogP contribution in [0.25, 0.3) is 0 Å². The number of hydrogen-bond donors (Lipinski definition) is 0. The molecule has 0 atom stereocenters. The topological polar surface area (TPSA) is 56.3 Å². The molecule has 0 aliphatic heterocycles. The molecule has 1 aromatic carbocycles. The van der Waals surface area contributed by atoms with Gasteiger partial charge in [0.05, 0.1) is 18.1 Å². The fourth-order valence-electron chi connectivity index (χ4n) is 1.74. The van der Waals surface area contributed by atoms with Crippen molar-refractivity contribution >= 4 is 9.84 Å². The minimum Gasteiger partial charge on any atom is -0.478 e. The summed E-state index contributed by atoms with van der Waals surface area (Å²) in [5.74, 6) is -0.767. The molecule has 0 N–H and O–H groups in total. The van der Waals surface area contributed by atoms with Gasteiger partial charge in [0.2, 0.25) is 5.88 Å². The first kappa shape index (κ1) is 14.5. The highest BCUT2D eigenvalue weighted by atomic mass is 32.2. The predicted molar refractivity (Wildman–Crippen MR) is 72.7 cm³/mol. The zero-order valence-electron chi connectivity index (χ0n) is 10.9. The number of sulfone groups is 1. The van der Waals surface area contributed by atoms with Gasteiger partial charge in [0.25, 0.3) is 0 Å². The van der Waals surface area contributed by atoms with Crippen LogP contribution in [0.4, 0.5) is 4.39 Å². The van der Waals surface area contributed by atoms with Crippen LogP contribution in [0.15, 0.2) is 47.4 Å². The zero-order valence-corrected chi connectivity index (χ0v) is 11.7. The van der Waals surface area contributed by atoms with E-state index in [4.69, 9.17) is 4.74 Å². The normalized spacial score (nSPS) is 11.3. The first-order chi connectivity index (χ1) is 9.53. The Labute approximate surface area is 117 Å². The number of benzene rings is 1. The molecule has 0 unspecified atom stereocenters. The maximum atomic E-state index is 13.6. The first-order valence-corrected chi connectivity index (χ1v) is 7.74. The largest absolute Gasteiger partial charge is 0.478 e. The molecule has 1 heterocycles. The number of pyridine rings is 1. The van der Waals surface area contributed by atoms with Crippen molar-refractivity contribution in [1.29, 1.82) is 0 Å². The van der Waals surface area contributed by atoms with Crippen molar-refractivity contribution in [3.05, 3.63) is 54.0 Å². The second-order valence-corrected chi connectivity index (χ2v) is 6.05. The molecule has 4 nitrogen and oxygen atoms in total. The minimum atomic E-state index is -3.77. The summed E-state index contributed by atoms with van der Waals surface area (Å²) in [6, 6.07) is 10.2. The highest BCUT2D eigenvalue weighted by Crippen LogP contribution is 2.19. The quantitative estimate of drug-likeness (QED) is 0.850. The van der Waals surface area contributed by atoms with Gasteiger partial charge < -0.3 is 4.74 Å². The number of aromatic nitrogens is 1. The standard InChI is InChI=1S/C14H14FNO3S/c1-2-19-14-9-5-6-11(16-14)10-20(17,18)13-8-4-3-7-12(13)15/h3-9H,2,10H2,1H3. The molecule has 6 heteroatoms. The van der Waals surface area contributed by atoms with Gasteiger partial charge in [0.1, 0.15) is 10.7 Å². The van der Waals surface area contributed by atoms with Gasteiger partial charge in [-0.2, -0.15) is 0 Å². The monoisotopic (exact) mass is 295 g/mol. The van der Waals surface area contributed by atoms with Crippen LogP contribution in [0.3, 0.4) is 0 Å². The van der Waals surface area contributed by atoms with Gasteiger partial charge in [-0.25, -0.2) is 17.8 Å². The molecule has 0 saturated carbocycles. The van der Waals surface area contributed by atoms with E-state index >= 15 is 0 Å². The Morgan fingerprint density at radius 1 is 1.15 bits per heavy atom.